The smallest absolute Gasteiger partial charge is 0.251 e. The lowest BCUT2D eigenvalue weighted by molar-refractivity contribution is 0.0930. The number of hydrogen-bond acceptors (Lipinski definition) is 3. The predicted octanol–water partition coefficient (Wildman–Crippen LogP) is 3.26. The molecule has 0 aromatic heterocycles. The van der Waals surface area contributed by atoms with E-state index in [1.165, 1.54) is 24.3 Å². The Balaban J connectivity index is 1.82. The highest BCUT2D eigenvalue weighted by Crippen LogP contribution is 2.47. The molecule has 3 rings (SSSR count). The molecule has 1 aliphatic rings. The molecule has 1 saturated carbocycles. The van der Waals surface area contributed by atoms with E-state index in [4.69, 9.17) is 9.47 Å². The van der Waals surface area contributed by atoms with Gasteiger partial charge in [-0.25, -0.2) is 4.39 Å². The molecule has 0 unspecified atom stereocenters. The Morgan fingerprint density at radius 3 is 2.26 bits per heavy atom. The van der Waals surface area contributed by atoms with Crippen molar-refractivity contribution in [2.45, 2.75) is 18.4 Å². The molecule has 23 heavy (non-hydrogen) atoms. The largest absolute Gasteiger partial charge is 0.493 e. The molecule has 0 bridgehead atoms. The minimum Gasteiger partial charge on any atom is -0.493 e. The van der Waals surface area contributed by atoms with Crippen LogP contribution in [0.5, 0.6) is 11.5 Å². The molecule has 1 fully saturated rings. The van der Waals surface area contributed by atoms with Crippen LogP contribution >= 0.6 is 0 Å². The predicted molar refractivity (Wildman–Crippen MR) is 84.3 cm³/mol. The number of rotatable bonds is 5. The van der Waals surface area contributed by atoms with Crippen LogP contribution in [-0.4, -0.2) is 20.1 Å². The average Bonchev–Trinajstić information content (AvgIpc) is 3.35. The molecule has 0 saturated heterocycles. The first-order valence-electron chi connectivity index (χ1n) is 7.38. The molecule has 2 aromatic rings. The van der Waals surface area contributed by atoms with Gasteiger partial charge in [0.2, 0.25) is 0 Å². The first-order valence-corrected chi connectivity index (χ1v) is 7.38. The van der Waals surface area contributed by atoms with Gasteiger partial charge >= 0.3 is 0 Å². The van der Waals surface area contributed by atoms with E-state index in [1.54, 1.807) is 14.2 Å². The summed E-state index contributed by atoms with van der Waals surface area (Å²) in [7, 11) is 3.17. The van der Waals surface area contributed by atoms with Crippen molar-refractivity contribution in [3.05, 3.63) is 59.4 Å². The lowest BCUT2D eigenvalue weighted by Crippen LogP contribution is -2.34. The average molecular weight is 315 g/mol. The highest BCUT2D eigenvalue weighted by atomic mass is 19.1. The third kappa shape index (κ3) is 2.99. The maximum Gasteiger partial charge on any atom is 0.251 e. The van der Waals surface area contributed by atoms with Gasteiger partial charge in [0.15, 0.2) is 11.5 Å². The van der Waals surface area contributed by atoms with Crippen molar-refractivity contribution in [1.29, 1.82) is 0 Å². The summed E-state index contributed by atoms with van der Waals surface area (Å²) in [5.41, 5.74) is 1.04. The molecule has 0 atom stereocenters. The Kier molecular flexibility index (Phi) is 3.94. The molecule has 0 heterocycles. The molecular weight excluding hydrogens is 297 g/mol. The molecular formula is C18H18FNO3. The van der Waals surface area contributed by atoms with E-state index in [1.807, 2.05) is 18.2 Å². The minimum absolute atomic E-state index is 0.211. The number of methoxy groups -OCH3 is 2. The highest BCUT2D eigenvalue weighted by molar-refractivity contribution is 5.95. The van der Waals surface area contributed by atoms with Gasteiger partial charge in [-0.3, -0.25) is 4.79 Å². The SMILES string of the molecule is COc1ccc(C2(NC(=O)c3ccc(F)cc3)CC2)cc1OC. The van der Waals surface area contributed by atoms with Gasteiger partial charge in [0.1, 0.15) is 5.82 Å². The Bertz CT molecular complexity index is 724. The number of nitrogens with one attached hydrogen (secondary N) is 1. The van der Waals surface area contributed by atoms with Crippen molar-refractivity contribution in [2.24, 2.45) is 0 Å². The molecule has 5 heteroatoms. The van der Waals surface area contributed by atoms with Crippen molar-refractivity contribution >= 4 is 5.91 Å². The molecule has 1 amide bonds. The van der Waals surface area contributed by atoms with Crippen LogP contribution in [0.3, 0.4) is 0 Å². The van der Waals surface area contributed by atoms with Gasteiger partial charge in [0, 0.05) is 5.56 Å². The van der Waals surface area contributed by atoms with E-state index in [-0.39, 0.29) is 17.3 Å². The first-order chi connectivity index (χ1) is 11.1. The summed E-state index contributed by atoms with van der Waals surface area (Å²) >= 11 is 0. The van der Waals surface area contributed by atoms with Crippen LogP contribution in [0.15, 0.2) is 42.5 Å². The van der Waals surface area contributed by atoms with Crippen LogP contribution in [0.25, 0.3) is 0 Å². The molecule has 0 spiro atoms. The molecule has 2 aromatic carbocycles. The number of benzene rings is 2. The summed E-state index contributed by atoms with van der Waals surface area (Å²) in [5, 5.41) is 3.05. The Morgan fingerprint density at radius 1 is 1.04 bits per heavy atom. The molecule has 1 N–H and O–H groups in total. The first kappa shape index (κ1) is 15.3. The molecule has 0 aliphatic heterocycles. The number of ether oxygens (including phenoxy) is 2. The summed E-state index contributed by atoms with van der Waals surface area (Å²) in [6, 6.07) is 11.2. The van der Waals surface area contributed by atoms with E-state index in [2.05, 4.69) is 5.32 Å². The summed E-state index contributed by atoms with van der Waals surface area (Å²) in [4.78, 5) is 12.4. The van der Waals surface area contributed by atoms with Gasteiger partial charge in [0.25, 0.3) is 5.91 Å². The third-order valence-corrected chi connectivity index (χ3v) is 4.15. The number of hydrogen-bond donors (Lipinski definition) is 1. The van der Waals surface area contributed by atoms with Gasteiger partial charge < -0.3 is 14.8 Å². The van der Waals surface area contributed by atoms with Crippen molar-refractivity contribution in [3.63, 3.8) is 0 Å². The Labute approximate surface area is 134 Å². The standard InChI is InChI=1S/C18H18FNO3/c1-22-15-8-5-13(11-16(15)23-2)18(9-10-18)20-17(21)12-3-6-14(19)7-4-12/h3-8,11H,9-10H2,1-2H3,(H,20,21). The second-order valence-corrected chi connectivity index (χ2v) is 5.61. The van der Waals surface area contributed by atoms with Crippen molar-refractivity contribution in [2.75, 3.05) is 14.2 Å². The summed E-state index contributed by atoms with van der Waals surface area (Å²) in [6.07, 6.45) is 1.71. The zero-order valence-electron chi connectivity index (χ0n) is 13.1. The van der Waals surface area contributed by atoms with Gasteiger partial charge in [-0.2, -0.15) is 0 Å². The molecule has 120 valence electrons. The number of amides is 1. The van der Waals surface area contributed by atoms with Gasteiger partial charge in [-0.05, 0) is 54.8 Å². The lowest BCUT2D eigenvalue weighted by Gasteiger charge is -2.19. The zero-order valence-corrected chi connectivity index (χ0v) is 13.1. The van der Waals surface area contributed by atoms with Gasteiger partial charge in [-0.1, -0.05) is 6.07 Å². The van der Waals surface area contributed by atoms with E-state index >= 15 is 0 Å². The molecule has 4 nitrogen and oxygen atoms in total. The third-order valence-electron chi connectivity index (χ3n) is 4.15. The fraction of sp³-hybridized carbons (Fsp3) is 0.278. The van der Waals surface area contributed by atoms with Crippen LogP contribution < -0.4 is 14.8 Å². The number of carbonyl (C=O) groups is 1. The fourth-order valence-corrected chi connectivity index (χ4v) is 2.64. The normalized spacial score (nSPS) is 14.9. The van der Waals surface area contributed by atoms with Crippen LogP contribution in [0.4, 0.5) is 4.39 Å². The molecule has 0 radical (unpaired) electrons. The van der Waals surface area contributed by atoms with Crippen molar-refractivity contribution in [1.82, 2.24) is 5.32 Å². The van der Waals surface area contributed by atoms with E-state index in [9.17, 15) is 9.18 Å². The second kappa shape index (κ2) is 5.91. The van der Waals surface area contributed by atoms with E-state index in [0.717, 1.165) is 18.4 Å². The van der Waals surface area contributed by atoms with Crippen molar-refractivity contribution in [3.8, 4) is 11.5 Å². The topological polar surface area (TPSA) is 47.6 Å². The maximum atomic E-state index is 13.0. The summed E-state index contributed by atoms with van der Waals surface area (Å²) < 4.78 is 23.5. The summed E-state index contributed by atoms with van der Waals surface area (Å²) in [6.45, 7) is 0. The Hall–Kier alpha value is -2.56. The minimum atomic E-state index is -0.384. The zero-order chi connectivity index (χ0) is 16.4. The highest BCUT2D eigenvalue weighted by Gasteiger charge is 2.46. The van der Waals surface area contributed by atoms with E-state index in [0.29, 0.717) is 17.1 Å². The number of halogens is 1. The second-order valence-electron chi connectivity index (χ2n) is 5.61. The van der Waals surface area contributed by atoms with Crippen LogP contribution in [0.2, 0.25) is 0 Å². The van der Waals surface area contributed by atoms with E-state index < -0.39 is 0 Å². The lowest BCUT2D eigenvalue weighted by atomic mass is 10.0. The fourth-order valence-electron chi connectivity index (χ4n) is 2.64. The maximum absolute atomic E-state index is 13.0. The number of carbonyl (C=O) groups excluding carboxylic acids is 1. The Morgan fingerprint density at radius 2 is 1.70 bits per heavy atom. The van der Waals surface area contributed by atoms with Crippen LogP contribution in [-0.2, 0) is 5.54 Å². The van der Waals surface area contributed by atoms with Crippen LogP contribution in [0, 0.1) is 5.82 Å². The quantitative estimate of drug-likeness (QED) is 0.921. The molecule has 1 aliphatic carbocycles. The van der Waals surface area contributed by atoms with Gasteiger partial charge in [0.05, 0.1) is 19.8 Å². The summed E-state index contributed by atoms with van der Waals surface area (Å²) in [5.74, 6) is 0.712. The van der Waals surface area contributed by atoms with Gasteiger partial charge in [-0.15, -0.1) is 0 Å². The van der Waals surface area contributed by atoms with Crippen molar-refractivity contribution < 1.29 is 18.7 Å². The monoisotopic (exact) mass is 315 g/mol. The van der Waals surface area contributed by atoms with Crippen LogP contribution in [0.1, 0.15) is 28.8 Å².